The SMILES string of the molecule is CN(C)/C=C1\C(=O)N(C=O)Cc2cc([N+](=O)[O-])ccc2S1(=O)=O. The summed E-state index contributed by atoms with van der Waals surface area (Å²) in [7, 11) is -1.14. The first kappa shape index (κ1) is 16.6. The highest BCUT2D eigenvalue weighted by molar-refractivity contribution is 7.96. The minimum Gasteiger partial charge on any atom is -0.382 e. The van der Waals surface area contributed by atoms with Crippen LogP contribution in [0.25, 0.3) is 0 Å². The molecule has 122 valence electrons. The zero-order valence-corrected chi connectivity index (χ0v) is 13.1. The van der Waals surface area contributed by atoms with Gasteiger partial charge in [-0.3, -0.25) is 24.6 Å². The van der Waals surface area contributed by atoms with Crippen LogP contribution in [0.1, 0.15) is 5.56 Å². The van der Waals surface area contributed by atoms with E-state index in [1.54, 1.807) is 0 Å². The largest absolute Gasteiger partial charge is 0.382 e. The molecule has 2 rings (SSSR count). The van der Waals surface area contributed by atoms with E-state index in [2.05, 4.69) is 0 Å². The number of benzene rings is 1. The number of amides is 2. The Balaban J connectivity index is 2.78. The van der Waals surface area contributed by atoms with Crippen molar-refractivity contribution in [3.63, 3.8) is 0 Å². The molecular weight excluding hydrogens is 326 g/mol. The Morgan fingerprint density at radius 1 is 1.35 bits per heavy atom. The topological polar surface area (TPSA) is 118 Å². The molecule has 2 amide bonds. The van der Waals surface area contributed by atoms with E-state index >= 15 is 0 Å². The van der Waals surface area contributed by atoms with E-state index in [9.17, 15) is 28.1 Å². The molecule has 0 bridgehead atoms. The summed E-state index contributed by atoms with van der Waals surface area (Å²) in [5, 5.41) is 10.8. The van der Waals surface area contributed by atoms with Crippen molar-refractivity contribution in [2.75, 3.05) is 14.1 Å². The van der Waals surface area contributed by atoms with E-state index in [1.165, 1.54) is 19.0 Å². The monoisotopic (exact) mass is 339 g/mol. The van der Waals surface area contributed by atoms with Crippen LogP contribution >= 0.6 is 0 Å². The summed E-state index contributed by atoms with van der Waals surface area (Å²) >= 11 is 0. The van der Waals surface area contributed by atoms with E-state index in [1.807, 2.05) is 0 Å². The third-order valence-electron chi connectivity index (χ3n) is 3.15. The van der Waals surface area contributed by atoms with Gasteiger partial charge in [0, 0.05) is 32.4 Å². The van der Waals surface area contributed by atoms with Gasteiger partial charge in [0.15, 0.2) is 4.91 Å². The lowest BCUT2D eigenvalue weighted by Gasteiger charge is -2.14. The Bertz CT molecular complexity index is 828. The van der Waals surface area contributed by atoms with Crippen LogP contribution in [0.3, 0.4) is 0 Å². The number of nitro benzene ring substituents is 1. The van der Waals surface area contributed by atoms with E-state index in [4.69, 9.17) is 0 Å². The van der Waals surface area contributed by atoms with Gasteiger partial charge in [-0.2, -0.15) is 0 Å². The molecule has 0 fully saturated rings. The Labute approximate surface area is 131 Å². The minimum atomic E-state index is -4.20. The fourth-order valence-electron chi connectivity index (χ4n) is 2.14. The number of hydrogen-bond donors (Lipinski definition) is 0. The number of imide groups is 1. The summed E-state index contributed by atoms with van der Waals surface area (Å²) in [6.07, 6.45) is 1.31. The summed E-state index contributed by atoms with van der Waals surface area (Å²) in [4.78, 5) is 34.8. The number of fused-ring (bicyclic) bond motifs is 1. The maximum Gasteiger partial charge on any atom is 0.273 e. The second kappa shape index (κ2) is 5.80. The van der Waals surface area contributed by atoms with Crippen LogP contribution in [0.4, 0.5) is 5.69 Å². The smallest absolute Gasteiger partial charge is 0.273 e. The Morgan fingerprint density at radius 2 is 2.00 bits per heavy atom. The van der Waals surface area contributed by atoms with Crippen molar-refractivity contribution in [2.24, 2.45) is 0 Å². The number of rotatable bonds is 3. The van der Waals surface area contributed by atoms with E-state index in [0.717, 1.165) is 24.4 Å². The van der Waals surface area contributed by atoms with E-state index in [-0.39, 0.29) is 29.1 Å². The van der Waals surface area contributed by atoms with Gasteiger partial charge >= 0.3 is 0 Å². The maximum absolute atomic E-state index is 12.7. The first-order chi connectivity index (χ1) is 10.7. The van der Waals surface area contributed by atoms with Crippen LogP contribution < -0.4 is 0 Å². The van der Waals surface area contributed by atoms with Crippen molar-refractivity contribution in [1.29, 1.82) is 0 Å². The van der Waals surface area contributed by atoms with Gasteiger partial charge in [0.2, 0.25) is 16.2 Å². The Hall–Kier alpha value is -2.75. The molecule has 1 aliphatic rings. The molecule has 23 heavy (non-hydrogen) atoms. The van der Waals surface area contributed by atoms with E-state index < -0.39 is 25.6 Å². The lowest BCUT2D eigenvalue weighted by Crippen LogP contribution is -2.31. The fourth-order valence-corrected chi connectivity index (χ4v) is 3.79. The van der Waals surface area contributed by atoms with Crippen molar-refractivity contribution >= 4 is 27.8 Å². The van der Waals surface area contributed by atoms with Gasteiger partial charge in [0.1, 0.15) is 0 Å². The second-order valence-electron chi connectivity index (χ2n) is 5.05. The van der Waals surface area contributed by atoms with Crippen LogP contribution in [0.5, 0.6) is 0 Å². The third kappa shape index (κ3) is 2.93. The molecule has 1 aromatic rings. The van der Waals surface area contributed by atoms with Crippen LogP contribution in [0.2, 0.25) is 0 Å². The van der Waals surface area contributed by atoms with Crippen molar-refractivity contribution in [1.82, 2.24) is 9.80 Å². The third-order valence-corrected chi connectivity index (χ3v) is 4.99. The van der Waals surface area contributed by atoms with Gasteiger partial charge in [0.05, 0.1) is 16.4 Å². The zero-order valence-electron chi connectivity index (χ0n) is 12.3. The summed E-state index contributed by atoms with van der Waals surface area (Å²) in [6.45, 7) is -0.358. The predicted octanol–water partition coefficient (Wildman–Crippen LogP) is 0.270. The fraction of sp³-hybridized carbons (Fsp3) is 0.231. The molecule has 10 heteroatoms. The number of nitrogens with zero attached hydrogens (tertiary/aromatic N) is 3. The average molecular weight is 339 g/mol. The summed E-state index contributed by atoms with van der Waals surface area (Å²) in [5.41, 5.74) is -0.306. The molecule has 1 aromatic carbocycles. The lowest BCUT2D eigenvalue weighted by atomic mass is 10.2. The van der Waals surface area contributed by atoms with Gasteiger partial charge in [-0.15, -0.1) is 0 Å². The molecule has 0 saturated heterocycles. The summed E-state index contributed by atoms with van der Waals surface area (Å²) in [5.74, 6) is -0.979. The molecule has 0 aromatic heterocycles. The minimum absolute atomic E-state index is 0.0156. The lowest BCUT2D eigenvalue weighted by molar-refractivity contribution is -0.385. The molecule has 0 aliphatic carbocycles. The average Bonchev–Trinajstić information content (AvgIpc) is 2.55. The zero-order chi connectivity index (χ0) is 17.4. The standard InChI is InChI=1S/C13H13N3O6S/c1-14(2)7-12-13(18)15(8-17)6-9-5-10(16(19)20)3-4-11(9)23(12,21)22/h3-5,7-8H,6H2,1-2H3/b12-7+. The number of sulfone groups is 1. The molecule has 0 unspecified atom stereocenters. The summed E-state index contributed by atoms with van der Waals surface area (Å²) < 4.78 is 25.4. The van der Waals surface area contributed by atoms with Crippen LogP contribution in [0.15, 0.2) is 34.2 Å². The molecule has 0 N–H and O–H groups in total. The highest BCUT2D eigenvalue weighted by Gasteiger charge is 2.37. The highest BCUT2D eigenvalue weighted by Crippen LogP contribution is 2.31. The first-order valence-electron chi connectivity index (χ1n) is 6.35. The second-order valence-corrected chi connectivity index (χ2v) is 6.93. The first-order valence-corrected chi connectivity index (χ1v) is 7.83. The highest BCUT2D eigenvalue weighted by atomic mass is 32.2. The van der Waals surface area contributed by atoms with Gasteiger partial charge in [-0.05, 0) is 11.6 Å². The molecule has 9 nitrogen and oxygen atoms in total. The summed E-state index contributed by atoms with van der Waals surface area (Å²) in [6, 6.07) is 3.17. The van der Waals surface area contributed by atoms with Crippen molar-refractivity contribution in [2.45, 2.75) is 11.4 Å². The van der Waals surface area contributed by atoms with Crippen molar-refractivity contribution in [3.05, 3.63) is 45.0 Å². The quantitative estimate of drug-likeness (QED) is 0.336. The molecule has 0 atom stereocenters. The van der Waals surface area contributed by atoms with Gasteiger partial charge in [-0.1, -0.05) is 0 Å². The van der Waals surface area contributed by atoms with Crippen molar-refractivity contribution in [3.8, 4) is 0 Å². The number of non-ortho nitro benzene ring substituents is 1. The van der Waals surface area contributed by atoms with Crippen LogP contribution in [-0.4, -0.2) is 49.6 Å². The predicted molar refractivity (Wildman–Crippen MR) is 78.7 cm³/mol. The van der Waals surface area contributed by atoms with E-state index in [0.29, 0.717) is 4.90 Å². The van der Waals surface area contributed by atoms with Crippen LogP contribution in [0, 0.1) is 10.1 Å². The normalized spacial score (nSPS) is 18.3. The Morgan fingerprint density at radius 3 is 2.52 bits per heavy atom. The van der Waals surface area contributed by atoms with Gasteiger partial charge in [0.25, 0.3) is 11.6 Å². The molecule has 1 aliphatic heterocycles. The molecule has 0 radical (unpaired) electrons. The van der Waals surface area contributed by atoms with Crippen molar-refractivity contribution < 1.29 is 22.9 Å². The molecule has 0 saturated carbocycles. The molecule has 1 heterocycles. The number of carbonyl (C=O) groups is 2. The molecular formula is C13H13N3O6S. The Kier molecular flexibility index (Phi) is 4.19. The number of carbonyl (C=O) groups excluding carboxylic acids is 2. The molecule has 0 spiro atoms. The number of nitro groups is 1. The van der Waals surface area contributed by atoms with Gasteiger partial charge < -0.3 is 4.90 Å². The maximum atomic E-state index is 12.7. The number of hydrogen-bond acceptors (Lipinski definition) is 7. The van der Waals surface area contributed by atoms with Crippen LogP contribution in [-0.2, 0) is 26.0 Å². The van der Waals surface area contributed by atoms with Gasteiger partial charge in [-0.25, -0.2) is 8.42 Å².